The van der Waals surface area contributed by atoms with E-state index in [1.807, 2.05) is 11.4 Å². The molecule has 6 heteroatoms. The van der Waals surface area contributed by atoms with Crippen molar-refractivity contribution >= 4 is 43.3 Å². The van der Waals surface area contributed by atoms with Gasteiger partial charge in [0.1, 0.15) is 16.5 Å². The molecule has 1 N–H and O–H groups in total. The van der Waals surface area contributed by atoms with Crippen LogP contribution in [0.3, 0.4) is 0 Å². The van der Waals surface area contributed by atoms with Crippen LogP contribution < -0.4 is 5.32 Å². The van der Waals surface area contributed by atoms with Crippen molar-refractivity contribution in [2.75, 3.05) is 11.9 Å². The van der Waals surface area contributed by atoms with Crippen LogP contribution in [0, 0.1) is 5.82 Å². The number of thiophene rings is 1. The molecular weight excluding hydrogens is 353 g/mol. The Balaban J connectivity index is 2.11. The highest BCUT2D eigenvalue weighted by atomic mass is 79.9. The molecule has 0 bridgehead atoms. The van der Waals surface area contributed by atoms with Crippen molar-refractivity contribution in [1.82, 2.24) is 9.97 Å². The van der Waals surface area contributed by atoms with Crippen LogP contribution in [-0.2, 0) is 0 Å². The third-order valence-electron chi connectivity index (χ3n) is 3.05. The Morgan fingerprint density at radius 1 is 1.29 bits per heavy atom. The van der Waals surface area contributed by atoms with Crippen LogP contribution in [0.2, 0.25) is 0 Å². The first-order valence-electron chi connectivity index (χ1n) is 6.63. The molecule has 0 saturated carbocycles. The SMILES string of the molecule is CCCNc1nc(-c2ccc(F)c(Br)c2)nc2sccc12. The third kappa shape index (κ3) is 2.91. The molecule has 0 aliphatic heterocycles. The molecule has 0 radical (unpaired) electrons. The maximum Gasteiger partial charge on any atom is 0.163 e. The molecule has 0 aliphatic carbocycles. The number of hydrogen-bond acceptors (Lipinski definition) is 4. The summed E-state index contributed by atoms with van der Waals surface area (Å²) < 4.78 is 13.8. The Labute approximate surface area is 134 Å². The Morgan fingerprint density at radius 2 is 2.14 bits per heavy atom. The predicted molar refractivity (Wildman–Crippen MR) is 89.3 cm³/mol. The van der Waals surface area contributed by atoms with Crippen LogP contribution in [-0.4, -0.2) is 16.5 Å². The second-order valence-corrected chi connectivity index (χ2v) is 6.34. The highest BCUT2D eigenvalue weighted by Crippen LogP contribution is 2.30. The third-order valence-corrected chi connectivity index (χ3v) is 4.46. The Bertz CT molecular complexity index is 788. The fourth-order valence-corrected chi connectivity index (χ4v) is 3.14. The molecule has 3 nitrogen and oxygen atoms in total. The quantitative estimate of drug-likeness (QED) is 0.700. The van der Waals surface area contributed by atoms with Crippen molar-refractivity contribution in [1.29, 1.82) is 0 Å². The molecule has 1 aromatic carbocycles. The number of benzene rings is 1. The zero-order chi connectivity index (χ0) is 14.8. The van der Waals surface area contributed by atoms with Gasteiger partial charge in [-0.1, -0.05) is 6.92 Å². The average molecular weight is 366 g/mol. The summed E-state index contributed by atoms with van der Waals surface area (Å²) in [6.45, 7) is 2.96. The van der Waals surface area contributed by atoms with Crippen molar-refractivity contribution in [3.05, 3.63) is 39.9 Å². The summed E-state index contributed by atoms with van der Waals surface area (Å²) in [5.74, 6) is 1.14. The van der Waals surface area contributed by atoms with Gasteiger partial charge in [0.2, 0.25) is 0 Å². The minimum Gasteiger partial charge on any atom is -0.369 e. The molecule has 0 saturated heterocycles. The number of fused-ring (bicyclic) bond motifs is 1. The first-order chi connectivity index (χ1) is 10.2. The van der Waals surface area contributed by atoms with Gasteiger partial charge in [-0.2, -0.15) is 0 Å². The Morgan fingerprint density at radius 3 is 2.90 bits per heavy atom. The summed E-state index contributed by atoms with van der Waals surface area (Å²) in [5.41, 5.74) is 0.790. The van der Waals surface area contributed by atoms with Gasteiger partial charge in [0.15, 0.2) is 5.82 Å². The minimum absolute atomic E-state index is 0.291. The summed E-state index contributed by atoms with van der Waals surface area (Å²) in [7, 11) is 0. The summed E-state index contributed by atoms with van der Waals surface area (Å²) in [4.78, 5) is 10.1. The maximum absolute atomic E-state index is 13.4. The van der Waals surface area contributed by atoms with E-state index in [1.54, 1.807) is 23.5 Å². The van der Waals surface area contributed by atoms with Crippen LogP contribution in [0.4, 0.5) is 10.2 Å². The zero-order valence-corrected chi connectivity index (χ0v) is 13.8. The lowest BCUT2D eigenvalue weighted by Crippen LogP contribution is -2.04. The molecule has 0 aliphatic rings. The summed E-state index contributed by atoms with van der Waals surface area (Å²) in [6.07, 6.45) is 1.02. The van der Waals surface area contributed by atoms with Gasteiger partial charge in [-0.3, -0.25) is 0 Å². The van der Waals surface area contributed by atoms with Gasteiger partial charge >= 0.3 is 0 Å². The molecule has 3 rings (SSSR count). The average Bonchev–Trinajstić information content (AvgIpc) is 2.96. The minimum atomic E-state index is -0.291. The highest BCUT2D eigenvalue weighted by Gasteiger charge is 2.11. The van der Waals surface area contributed by atoms with Gasteiger partial charge < -0.3 is 5.32 Å². The molecule has 21 heavy (non-hydrogen) atoms. The lowest BCUT2D eigenvalue weighted by atomic mass is 10.2. The second kappa shape index (κ2) is 6.07. The van der Waals surface area contributed by atoms with Gasteiger partial charge in [0.05, 0.1) is 9.86 Å². The van der Waals surface area contributed by atoms with Crippen molar-refractivity contribution in [3.8, 4) is 11.4 Å². The lowest BCUT2D eigenvalue weighted by Gasteiger charge is -2.08. The summed E-state index contributed by atoms with van der Waals surface area (Å²) in [5, 5.41) is 6.36. The number of halogens is 2. The predicted octanol–water partition coefficient (Wildman–Crippen LogP) is 5.08. The van der Waals surface area contributed by atoms with Crippen LogP contribution in [0.25, 0.3) is 21.6 Å². The normalized spacial score (nSPS) is 11.0. The van der Waals surface area contributed by atoms with Gasteiger partial charge in [0.25, 0.3) is 0 Å². The number of aromatic nitrogens is 2. The maximum atomic E-state index is 13.4. The van der Waals surface area contributed by atoms with E-state index in [0.29, 0.717) is 10.3 Å². The number of anilines is 1. The first kappa shape index (κ1) is 14.4. The highest BCUT2D eigenvalue weighted by molar-refractivity contribution is 9.10. The summed E-state index contributed by atoms with van der Waals surface area (Å²) >= 11 is 4.78. The number of nitrogens with one attached hydrogen (secondary N) is 1. The van der Waals surface area contributed by atoms with Crippen LogP contribution in [0.5, 0.6) is 0 Å². The number of rotatable bonds is 4. The van der Waals surface area contributed by atoms with E-state index in [-0.39, 0.29) is 5.82 Å². The molecule has 108 valence electrons. The Hall–Kier alpha value is -1.53. The van der Waals surface area contributed by atoms with Crippen LogP contribution in [0.15, 0.2) is 34.1 Å². The monoisotopic (exact) mass is 365 g/mol. The van der Waals surface area contributed by atoms with Crippen molar-refractivity contribution < 1.29 is 4.39 Å². The first-order valence-corrected chi connectivity index (χ1v) is 8.31. The molecule has 2 heterocycles. The molecule has 3 aromatic rings. The smallest absolute Gasteiger partial charge is 0.163 e. The topological polar surface area (TPSA) is 37.8 Å². The van der Waals surface area contributed by atoms with E-state index >= 15 is 0 Å². The van der Waals surface area contributed by atoms with E-state index in [9.17, 15) is 4.39 Å². The zero-order valence-electron chi connectivity index (χ0n) is 11.4. The molecule has 0 amide bonds. The van der Waals surface area contributed by atoms with E-state index in [2.05, 4.69) is 38.1 Å². The lowest BCUT2D eigenvalue weighted by molar-refractivity contribution is 0.621. The number of hydrogen-bond donors (Lipinski definition) is 1. The standard InChI is InChI=1S/C15H13BrFN3S/c1-2-6-18-14-10-5-7-21-15(10)20-13(19-14)9-3-4-12(17)11(16)8-9/h3-5,7-8H,2,6H2,1H3,(H,18,19,20). The van der Waals surface area contributed by atoms with E-state index in [0.717, 1.165) is 34.6 Å². The van der Waals surface area contributed by atoms with Crippen molar-refractivity contribution in [3.63, 3.8) is 0 Å². The molecule has 0 fully saturated rings. The van der Waals surface area contributed by atoms with Crippen LogP contribution in [0.1, 0.15) is 13.3 Å². The Kier molecular flexibility index (Phi) is 4.17. The summed E-state index contributed by atoms with van der Waals surface area (Å²) in [6, 6.07) is 6.83. The van der Waals surface area contributed by atoms with Gasteiger partial charge in [0, 0.05) is 12.1 Å². The van der Waals surface area contributed by atoms with E-state index < -0.39 is 0 Å². The fraction of sp³-hybridized carbons (Fsp3) is 0.200. The van der Waals surface area contributed by atoms with Gasteiger partial charge in [-0.15, -0.1) is 11.3 Å². The number of nitrogens with zero attached hydrogens (tertiary/aromatic N) is 2. The van der Waals surface area contributed by atoms with Gasteiger partial charge in [-0.05, 0) is 52.0 Å². The van der Waals surface area contributed by atoms with Crippen molar-refractivity contribution in [2.24, 2.45) is 0 Å². The van der Waals surface area contributed by atoms with E-state index in [4.69, 9.17) is 0 Å². The molecule has 0 atom stereocenters. The largest absolute Gasteiger partial charge is 0.369 e. The second-order valence-electron chi connectivity index (χ2n) is 4.59. The van der Waals surface area contributed by atoms with Crippen molar-refractivity contribution in [2.45, 2.75) is 13.3 Å². The van der Waals surface area contributed by atoms with Crippen LogP contribution >= 0.6 is 27.3 Å². The molecule has 2 aromatic heterocycles. The molecular formula is C15H13BrFN3S. The fourth-order valence-electron chi connectivity index (χ4n) is 2.00. The molecule has 0 unspecified atom stereocenters. The van der Waals surface area contributed by atoms with Gasteiger partial charge in [-0.25, -0.2) is 14.4 Å². The van der Waals surface area contributed by atoms with E-state index in [1.165, 1.54) is 6.07 Å². The molecule has 0 spiro atoms.